The first kappa shape index (κ1) is 26.3. The van der Waals surface area contributed by atoms with Crippen LogP contribution < -0.4 is 16.8 Å². The number of aromatic nitrogens is 2. The highest BCUT2D eigenvalue weighted by atomic mass is 32.2. The van der Waals surface area contributed by atoms with Gasteiger partial charge < -0.3 is 27.1 Å². The van der Waals surface area contributed by atoms with E-state index in [0.29, 0.717) is 23.0 Å². The molecule has 2 amide bonds. The van der Waals surface area contributed by atoms with Crippen LogP contribution in [0.2, 0.25) is 0 Å². The largest absolute Gasteiger partial charge is 0.477 e. The van der Waals surface area contributed by atoms with Crippen LogP contribution in [0.5, 0.6) is 0 Å². The lowest BCUT2D eigenvalue weighted by molar-refractivity contribution is -0.150. The number of carboxylic acid groups (broad SMARTS) is 1. The van der Waals surface area contributed by atoms with Crippen LogP contribution in [-0.4, -0.2) is 78.1 Å². The van der Waals surface area contributed by atoms with Crippen LogP contribution in [0.1, 0.15) is 11.4 Å². The summed E-state index contributed by atoms with van der Waals surface area (Å²) >= 11 is 5.68. The highest BCUT2D eigenvalue weighted by Crippen LogP contribution is 2.46. The number of anilines is 1. The van der Waals surface area contributed by atoms with E-state index in [1.807, 2.05) is 0 Å². The van der Waals surface area contributed by atoms with Crippen LogP contribution in [0.3, 0.4) is 0 Å². The zero-order valence-corrected chi connectivity index (χ0v) is 21.8. The number of amides is 2. The second-order valence-electron chi connectivity index (χ2n) is 7.36. The number of aliphatic carboxylic acids is 1. The third-order valence-corrected chi connectivity index (χ3v) is 9.74. The molecule has 1 fully saturated rings. The minimum Gasteiger partial charge on any atom is -0.477 e. The van der Waals surface area contributed by atoms with Gasteiger partial charge in [-0.05, 0) is 12.1 Å². The number of thiazole rings is 1. The molecule has 2 atom stereocenters. The number of hydrogen-bond donors (Lipinski definition) is 5. The van der Waals surface area contributed by atoms with E-state index in [0.717, 1.165) is 15.7 Å². The average Bonchev–Trinajstić information content (AvgIpc) is 3.29. The molecule has 0 aliphatic carbocycles. The van der Waals surface area contributed by atoms with Gasteiger partial charge in [-0.1, -0.05) is 23.0 Å². The maximum atomic E-state index is 13.0. The van der Waals surface area contributed by atoms with E-state index in [4.69, 9.17) is 11.5 Å². The average molecular weight is 568 g/mol. The van der Waals surface area contributed by atoms with Crippen molar-refractivity contribution in [2.75, 3.05) is 23.8 Å². The van der Waals surface area contributed by atoms with Crippen LogP contribution in [0.4, 0.5) is 5.82 Å². The fourth-order valence-corrected chi connectivity index (χ4v) is 7.93. The fraction of sp³-hybridized carbons (Fsp3) is 0.300. The van der Waals surface area contributed by atoms with Crippen LogP contribution in [0, 0.1) is 0 Å². The van der Waals surface area contributed by atoms with Crippen molar-refractivity contribution in [1.82, 2.24) is 20.2 Å². The number of carboxylic acids is 1. The highest BCUT2D eigenvalue weighted by Gasteiger charge is 2.54. The van der Waals surface area contributed by atoms with Crippen molar-refractivity contribution in [2.24, 2.45) is 10.9 Å². The van der Waals surface area contributed by atoms with Gasteiger partial charge in [-0.25, -0.2) is 14.8 Å². The predicted molar refractivity (Wildman–Crippen MR) is 140 cm³/mol. The van der Waals surface area contributed by atoms with Gasteiger partial charge in [-0.15, -0.1) is 23.1 Å². The monoisotopic (exact) mass is 567 g/mol. The molecule has 0 bridgehead atoms. The topological polar surface area (TPSA) is 197 Å². The first-order chi connectivity index (χ1) is 17.3. The SMILES string of the molecule is NCCSCc1ncsc1SC1=C(C(=O)O)N2C(=O)[C@@H](NC(=O)/C(=N\O)c3cccc(N)n3)[C@H]2SC1. The van der Waals surface area contributed by atoms with Crippen LogP contribution >= 0.6 is 46.6 Å². The van der Waals surface area contributed by atoms with Crippen molar-refractivity contribution in [3.8, 4) is 0 Å². The summed E-state index contributed by atoms with van der Waals surface area (Å²) in [6.07, 6.45) is 0. The molecule has 0 spiro atoms. The Labute approximate surface area is 222 Å². The fourth-order valence-electron chi connectivity index (χ4n) is 3.48. The lowest BCUT2D eigenvalue weighted by Gasteiger charge is -2.49. The number of rotatable bonds is 10. The molecule has 2 aliphatic heterocycles. The van der Waals surface area contributed by atoms with Gasteiger partial charge in [0.25, 0.3) is 11.8 Å². The molecule has 4 rings (SSSR count). The normalized spacial score (nSPS) is 19.6. The van der Waals surface area contributed by atoms with Crippen molar-refractivity contribution in [1.29, 1.82) is 0 Å². The zero-order chi connectivity index (χ0) is 25.8. The number of carbonyl (C=O) groups excluding carboxylic acids is 2. The molecule has 190 valence electrons. The second kappa shape index (κ2) is 11.5. The smallest absolute Gasteiger partial charge is 0.353 e. The first-order valence-electron chi connectivity index (χ1n) is 10.4. The Morgan fingerprint density at radius 2 is 2.17 bits per heavy atom. The van der Waals surface area contributed by atoms with Gasteiger partial charge >= 0.3 is 5.97 Å². The van der Waals surface area contributed by atoms with Gasteiger partial charge in [-0.2, -0.15) is 11.8 Å². The summed E-state index contributed by atoms with van der Waals surface area (Å²) in [5.41, 5.74) is 13.2. The van der Waals surface area contributed by atoms with Crippen LogP contribution in [0.25, 0.3) is 0 Å². The zero-order valence-electron chi connectivity index (χ0n) is 18.5. The van der Waals surface area contributed by atoms with Gasteiger partial charge in [-0.3, -0.25) is 14.5 Å². The number of pyridine rings is 1. The second-order valence-corrected chi connectivity index (χ2v) is 11.8. The summed E-state index contributed by atoms with van der Waals surface area (Å²) in [4.78, 5) is 47.9. The molecule has 0 aromatic carbocycles. The molecule has 36 heavy (non-hydrogen) atoms. The molecular weight excluding hydrogens is 547 g/mol. The standard InChI is InChI=1S/C20H21N7O5S4/c21-4-5-33-6-10-20(35-8-23-10)36-11-7-34-18-14(17(29)27(18)15(11)19(30)31)25-16(28)13(26-32)9-2-1-3-12(22)24-9/h1-3,8,14,18,32H,4-7,21H2,(H2,22,24)(H,25,28)(H,30,31)/b26-13-/t14-,18-/m1/s1. The minimum atomic E-state index is -1.23. The Hall–Kier alpha value is -2.79. The number of carbonyl (C=O) groups is 3. The Morgan fingerprint density at radius 3 is 2.86 bits per heavy atom. The van der Waals surface area contributed by atoms with Gasteiger partial charge in [0, 0.05) is 28.7 Å². The maximum absolute atomic E-state index is 13.0. The number of β-lactam (4-membered cyclic amide) rings is 1. The van der Waals surface area contributed by atoms with Crippen molar-refractivity contribution in [3.05, 3.63) is 45.7 Å². The van der Waals surface area contributed by atoms with E-state index in [9.17, 15) is 24.7 Å². The molecule has 12 nitrogen and oxygen atoms in total. The number of nitrogens with one attached hydrogen (secondary N) is 1. The summed E-state index contributed by atoms with van der Waals surface area (Å²) < 4.78 is 0.864. The highest BCUT2D eigenvalue weighted by molar-refractivity contribution is 8.07. The van der Waals surface area contributed by atoms with E-state index in [2.05, 4.69) is 20.4 Å². The van der Waals surface area contributed by atoms with Gasteiger partial charge in [0.1, 0.15) is 28.6 Å². The quantitative estimate of drug-likeness (QED) is 0.0898. The molecule has 2 aromatic rings. The number of thioether (sulfide) groups is 3. The van der Waals surface area contributed by atoms with E-state index in [1.165, 1.54) is 58.0 Å². The maximum Gasteiger partial charge on any atom is 0.353 e. The first-order valence-corrected chi connectivity index (χ1v) is 14.3. The number of nitrogens with zero attached hydrogens (tertiary/aromatic N) is 4. The number of nitrogens with two attached hydrogens (primary N) is 2. The third-order valence-electron chi connectivity index (χ3n) is 5.07. The third kappa shape index (κ3) is 5.31. The Bertz CT molecular complexity index is 1250. The van der Waals surface area contributed by atoms with Gasteiger partial charge in [0.15, 0.2) is 5.71 Å². The minimum absolute atomic E-state index is 0.0321. The summed E-state index contributed by atoms with van der Waals surface area (Å²) in [5.74, 6) is -0.741. The lowest BCUT2D eigenvalue weighted by atomic mass is 10.0. The van der Waals surface area contributed by atoms with Gasteiger partial charge in [0.2, 0.25) is 0 Å². The number of hydrogen-bond acceptors (Lipinski definition) is 13. The molecular formula is C20H21N7O5S4. The molecule has 7 N–H and O–H groups in total. The Morgan fingerprint density at radius 1 is 1.36 bits per heavy atom. The molecule has 16 heteroatoms. The van der Waals surface area contributed by atoms with Crippen LogP contribution in [0.15, 0.2) is 43.7 Å². The number of oxime groups is 1. The molecule has 2 aliphatic rings. The molecule has 0 unspecified atom stereocenters. The lowest BCUT2D eigenvalue weighted by Crippen LogP contribution is -2.71. The molecule has 0 radical (unpaired) electrons. The molecule has 1 saturated heterocycles. The van der Waals surface area contributed by atoms with Crippen molar-refractivity contribution in [2.45, 2.75) is 21.4 Å². The van der Waals surface area contributed by atoms with E-state index in [1.54, 1.807) is 17.3 Å². The predicted octanol–water partition coefficient (Wildman–Crippen LogP) is 0.979. The van der Waals surface area contributed by atoms with Crippen molar-refractivity contribution in [3.63, 3.8) is 0 Å². The summed E-state index contributed by atoms with van der Waals surface area (Å²) in [6, 6.07) is 3.49. The number of fused-ring (bicyclic) bond motifs is 1. The Kier molecular flexibility index (Phi) is 8.40. The van der Waals surface area contributed by atoms with E-state index >= 15 is 0 Å². The van der Waals surface area contributed by atoms with Crippen LogP contribution in [-0.2, 0) is 20.1 Å². The van der Waals surface area contributed by atoms with Crippen molar-refractivity contribution >= 4 is 75.9 Å². The molecule has 2 aromatic heterocycles. The number of nitrogen functional groups attached to an aromatic ring is 1. The Balaban J connectivity index is 1.50. The summed E-state index contributed by atoms with van der Waals surface area (Å²) in [7, 11) is 0. The summed E-state index contributed by atoms with van der Waals surface area (Å²) in [5, 5.41) is 24.2. The van der Waals surface area contributed by atoms with Gasteiger partial charge in [0.05, 0.1) is 15.4 Å². The molecule has 4 heterocycles. The van der Waals surface area contributed by atoms with E-state index in [-0.39, 0.29) is 17.2 Å². The van der Waals surface area contributed by atoms with Crippen molar-refractivity contribution < 1.29 is 24.7 Å². The van der Waals surface area contributed by atoms with E-state index < -0.39 is 34.9 Å². The summed E-state index contributed by atoms with van der Waals surface area (Å²) in [6.45, 7) is 0.556. The molecule has 0 saturated carbocycles.